The van der Waals surface area contributed by atoms with Crippen LogP contribution in [-0.4, -0.2) is 14.8 Å². The minimum Gasteiger partial charge on any atom is -0.223 e. The molecule has 0 amide bonds. The molecule has 0 radical (unpaired) electrons. The van der Waals surface area contributed by atoms with E-state index in [0.717, 1.165) is 15.4 Å². The lowest BCUT2D eigenvalue weighted by atomic mass is 10.4. The Hall–Kier alpha value is -0.680. The Morgan fingerprint density at radius 1 is 1.46 bits per heavy atom. The number of halogens is 1. The molecule has 0 bridgehead atoms. The lowest BCUT2D eigenvalue weighted by Gasteiger charge is -1.91. The molecule has 0 saturated heterocycles. The molecule has 2 rings (SSSR count). The second kappa shape index (κ2) is 3.23. The Morgan fingerprint density at radius 3 is 2.69 bits per heavy atom. The fraction of sp³-hybridized carbons (Fsp3) is 0.250. The van der Waals surface area contributed by atoms with Gasteiger partial charge in [-0.15, -0.1) is 0 Å². The minimum atomic E-state index is 0.831. The van der Waals surface area contributed by atoms with E-state index in [-0.39, 0.29) is 0 Å². The number of hydrogen-bond donors (Lipinski definition) is 0. The smallest absolute Gasteiger partial charge is 0.210 e. The van der Waals surface area contributed by atoms with Gasteiger partial charge in [-0.25, -0.2) is 9.67 Å². The van der Waals surface area contributed by atoms with Crippen molar-refractivity contribution in [2.24, 2.45) is 0 Å². The van der Waals surface area contributed by atoms with Crippen LogP contribution in [0.5, 0.6) is 0 Å². The van der Waals surface area contributed by atoms with E-state index in [4.69, 9.17) is 0 Å². The molecule has 13 heavy (non-hydrogen) atoms. The van der Waals surface area contributed by atoms with Crippen LogP contribution in [0, 0.1) is 13.8 Å². The zero-order chi connectivity index (χ0) is 9.42. The molecule has 0 spiro atoms. The van der Waals surface area contributed by atoms with E-state index >= 15 is 0 Å². The van der Waals surface area contributed by atoms with E-state index in [9.17, 15) is 0 Å². The first-order valence-corrected chi connectivity index (χ1v) is 5.43. The summed E-state index contributed by atoms with van der Waals surface area (Å²) in [5, 5.41) is 5.13. The maximum absolute atomic E-state index is 4.39. The molecule has 0 atom stereocenters. The molecule has 2 heterocycles. The summed E-state index contributed by atoms with van der Waals surface area (Å²) in [5.74, 6) is 0. The summed E-state index contributed by atoms with van der Waals surface area (Å²) in [6.45, 7) is 4.07. The highest BCUT2D eigenvalue weighted by Gasteiger charge is 2.05. The van der Waals surface area contributed by atoms with Gasteiger partial charge in [-0.2, -0.15) is 5.10 Å². The highest BCUT2D eigenvalue weighted by molar-refractivity contribution is 9.10. The fourth-order valence-corrected chi connectivity index (χ4v) is 2.10. The fourth-order valence-electron chi connectivity index (χ4n) is 0.962. The van der Waals surface area contributed by atoms with Crippen LogP contribution in [0.3, 0.4) is 0 Å². The highest BCUT2D eigenvalue weighted by atomic mass is 79.9. The standard InChI is InChI=1S/C8H8BrN3S/c1-5-6(2)13-8(10-5)12-4-3-7(9)11-12/h3-4H,1-2H3. The molecule has 0 fully saturated rings. The summed E-state index contributed by atoms with van der Waals surface area (Å²) in [7, 11) is 0. The van der Waals surface area contributed by atoms with Crippen molar-refractivity contribution in [3.8, 4) is 5.13 Å². The molecule has 0 aliphatic heterocycles. The zero-order valence-corrected chi connectivity index (χ0v) is 9.69. The Balaban J connectivity index is 2.46. The zero-order valence-electron chi connectivity index (χ0n) is 7.28. The third-order valence-electron chi connectivity index (χ3n) is 1.77. The Labute approximate surface area is 88.6 Å². The molecule has 0 saturated carbocycles. The summed E-state index contributed by atoms with van der Waals surface area (Å²) in [6, 6.07) is 1.89. The normalized spacial score (nSPS) is 10.7. The lowest BCUT2D eigenvalue weighted by molar-refractivity contribution is 0.856. The first kappa shape index (κ1) is 8.90. The second-order valence-corrected chi connectivity index (χ2v) is 4.72. The number of aromatic nitrogens is 3. The monoisotopic (exact) mass is 257 g/mol. The van der Waals surface area contributed by atoms with Gasteiger partial charge in [-0.3, -0.25) is 0 Å². The van der Waals surface area contributed by atoms with E-state index in [1.54, 1.807) is 16.0 Å². The molecule has 0 N–H and O–H groups in total. The van der Waals surface area contributed by atoms with Gasteiger partial charge < -0.3 is 0 Å². The molecule has 0 aromatic carbocycles. The van der Waals surface area contributed by atoms with Crippen LogP contribution < -0.4 is 0 Å². The third-order valence-corrected chi connectivity index (χ3v) is 3.26. The number of nitrogens with zero attached hydrogens (tertiary/aromatic N) is 3. The summed E-state index contributed by atoms with van der Waals surface area (Å²) in [5.41, 5.74) is 1.08. The van der Waals surface area contributed by atoms with Crippen molar-refractivity contribution in [3.63, 3.8) is 0 Å². The van der Waals surface area contributed by atoms with E-state index in [2.05, 4.69) is 32.9 Å². The van der Waals surface area contributed by atoms with Crippen LogP contribution in [0.25, 0.3) is 5.13 Å². The van der Waals surface area contributed by atoms with Crippen LogP contribution >= 0.6 is 27.3 Å². The van der Waals surface area contributed by atoms with Crippen LogP contribution in [0.2, 0.25) is 0 Å². The average molecular weight is 258 g/mol. The van der Waals surface area contributed by atoms with E-state index < -0.39 is 0 Å². The van der Waals surface area contributed by atoms with Crippen LogP contribution in [-0.2, 0) is 0 Å². The lowest BCUT2D eigenvalue weighted by Crippen LogP contribution is -1.92. The van der Waals surface area contributed by atoms with Crippen LogP contribution in [0.15, 0.2) is 16.9 Å². The van der Waals surface area contributed by atoms with Gasteiger partial charge in [-0.05, 0) is 35.8 Å². The number of rotatable bonds is 1. The topological polar surface area (TPSA) is 30.7 Å². The van der Waals surface area contributed by atoms with Gasteiger partial charge in [0.2, 0.25) is 5.13 Å². The van der Waals surface area contributed by atoms with Gasteiger partial charge in [0, 0.05) is 11.1 Å². The predicted octanol–water partition coefficient (Wildman–Crippen LogP) is 2.71. The molecule has 68 valence electrons. The molecule has 2 aromatic heterocycles. The molecule has 0 aliphatic rings. The van der Waals surface area contributed by atoms with Gasteiger partial charge in [0.1, 0.15) is 4.60 Å². The SMILES string of the molecule is Cc1nc(-n2ccc(Br)n2)sc1C. The Morgan fingerprint density at radius 2 is 2.23 bits per heavy atom. The van der Waals surface area contributed by atoms with Crippen molar-refractivity contribution >= 4 is 27.3 Å². The Bertz CT molecular complexity index is 413. The predicted molar refractivity (Wildman–Crippen MR) is 56.4 cm³/mol. The summed E-state index contributed by atoms with van der Waals surface area (Å²) in [4.78, 5) is 5.63. The summed E-state index contributed by atoms with van der Waals surface area (Å²) < 4.78 is 2.60. The first-order chi connectivity index (χ1) is 6.16. The van der Waals surface area contributed by atoms with E-state index in [1.807, 2.05) is 19.2 Å². The third kappa shape index (κ3) is 1.66. The average Bonchev–Trinajstić information content (AvgIpc) is 2.61. The number of thiazole rings is 1. The van der Waals surface area contributed by atoms with Crippen molar-refractivity contribution < 1.29 is 0 Å². The largest absolute Gasteiger partial charge is 0.223 e. The second-order valence-electron chi connectivity index (χ2n) is 2.72. The maximum Gasteiger partial charge on any atom is 0.210 e. The van der Waals surface area contributed by atoms with Gasteiger partial charge in [0.25, 0.3) is 0 Å². The molecule has 3 nitrogen and oxygen atoms in total. The molecule has 5 heteroatoms. The first-order valence-electron chi connectivity index (χ1n) is 3.82. The molecular weight excluding hydrogens is 250 g/mol. The quantitative estimate of drug-likeness (QED) is 0.787. The maximum atomic E-state index is 4.39. The molecule has 0 unspecified atom stereocenters. The van der Waals surface area contributed by atoms with Gasteiger partial charge >= 0.3 is 0 Å². The van der Waals surface area contributed by atoms with Gasteiger partial charge in [-0.1, -0.05) is 11.3 Å². The minimum absolute atomic E-state index is 0.831. The number of aryl methyl sites for hydroxylation is 2. The van der Waals surface area contributed by atoms with Crippen LogP contribution in [0.1, 0.15) is 10.6 Å². The van der Waals surface area contributed by atoms with Crippen molar-refractivity contribution in [3.05, 3.63) is 27.4 Å². The molecule has 0 aliphatic carbocycles. The van der Waals surface area contributed by atoms with Crippen molar-refractivity contribution in [2.75, 3.05) is 0 Å². The molecule has 2 aromatic rings. The molecular formula is C8H8BrN3S. The van der Waals surface area contributed by atoms with Gasteiger partial charge in [0.05, 0.1) is 5.69 Å². The van der Waals surface area contributed by atoms with Crippen molar-refractivity contribution in [2.45, 2.75) is 13.8 Å². The van der Waals surface area contributed by atoms with Crippen molar-refractivity contribution in [1.29, 1.82) is 0 Å². The summed E-state index contributed by atoms with van der Waals surface area (Å²) >= 11 is 4.95. The highest BCUT2D eigenvalue weighted by Crippen LogP contribution is 2.20. The summed E-state index contributed by atoms with van der Waals surface area (Å²) in [6.07, 6.45) is 1.89. The van der Waals surface area contributed by atoms with Gasteiger partial charge in [0.15, 0.2) is 0 Å². The van der Waals surface area contributed by atoms with Crippen LogP contribution in [0.4, 0.5) is 0 Å². The van der Waals surface area contributed by atoms with Crippen molar-refractivity contribution in [1.82, 2.24) is 14.8 Å². The Kier molecular flexibility index (Phi) is 2.21. The number of hydrogen-bond acceptors (Lipinski definition) is 3. The van der Waals surface area contributed by atoms with E-state index in [0.29, 0.717) is 0 Å². The van der Waals surface area contributed by atoms with E-state index in [1.165, 1.54) is 4.88 Å².